The van der Waals surface area contributed by atoms with Gasteiger partial charge in [-0.15, -0.1) is 0 Å². The number of carbonyl (C=O) groups is 1. The molecule has 4 heterocycles. The van der Waals surface area contributed by atoms with Crippen LogP contribution in [-0.2, 0) is 10.3 Å². The normalized spacial score (nSPS) is 15.7. The molecular formula is C61H50BF2N5O. The molecule has 2 aromatic heterocycles. The number of fused-ring (bicyclic) bond motifs is 5. The third-order valence-electron chi connectivity index (χ3n) is 13.6. The second kappa shape index (κ2) is 16.9. The summed E-state index contributed by atoms with van der Waals surface area (Å²) in [6.07, 6.45) is 6.36. The minimum Gasteiger partial charge on any atom is -0.309 e. The van der Waals surface area contributed by atoms with E-state index in [0.29, 0.717) is 33.9 Å². The summed E-state index contributed by atoms with van der Waals surface area (Å²) in [4.78, 5) is 30.3. The predicted molar refractivity (Wildman–Crippen MR) is 282 cm³/mol. The number of benzene rings is 6. The molecule has 9 heteroatoms. The molecule has 8 aromatic rings. The highest BCUT2D eigenvalue weighted by atomic mass is 19.2. The van der Waals surface area contributed by atoms with E-state index >= 15 is 8.63 Å². The van der Waals surface area contributed by atoms with Gasteiger partial charge in [-0.1, -0.05) is 211 Å². The fraction of sp³-hybridized carbons (Fsp3) is 0.148. The first-order valence-corrected chi connectivity index (χ1v) is 23.7. The van der Waals surface area contributed by atoms with Crippen molar-refractivity contribution in [1.82, 2.24) is 14.0 Å². The quantitative estimate of drug-likeness (QED) is 0.143. The van der Waals surface area contributed by atoms with Crippen molar-refractivity contribution in [2.75, 3.05) is 0 Å². The Bertz CT molecular complexity index is 3480. The number of hydrogen-bond acceptors (Lipinski definition) is 3. The minimum absolute atomic E-state index is 0.0678. The Labute approximate surface area is 408 Å². The number of imidazole rings is 1. The Morgan fingerprint density at radius 2 is 1.09 bits per heavy atom. The summed E-state index contributed by atoms with van der Waals surface area (Å²) < 4.78 is 34.5. The Morgan fingerprint density at radius 3 is 1.66 bits per heavy atom. The maximum atomic E-state index is 15.6. The number of allylic oxidation sites excluding steroid dienone is 5. The number of amidine groups is 1. The molecule has 0 radical (unpaired) electrons. The van der Waals surface area contributed by atoms with Crippen molar-refractivity contribution in [3.63, 3.8) is 0 Å². The summed E-state index contributed by atoms with van der Waals surface area (Å²) in [5, 5.41) is 0. The van der Waals surface area contributed by atoms with Gasteiger partial charge in [-0.3, -0.25) is 13.4 Å². The zero-order valence-corrected chi connectivity index (χ0v) is 40.0. The lowest BCUT2D eigenvalue weighted by molar-refractivity contribution is -0.114. The van der Waals surface area contributed by atoms with E-state index in [2.05, 4.69) is 107 Å². The number of carbonyl (C=O) groups excluding carboxylic acids is 1. The highest BCUT2D eigenvalue weighted by molar-refractivity contribution is 6.43. The summed E-state index contributed by atoms with van der Waals surface area (Å²) in [5.74, 6) is 1.24. The minimum atomic E-state index is -2.89. The molecule has 1 spiro atoms. The standard InChI is InChI=1S/C61H50BF2N5O/c1-59(2,3)49-37-61(38-50(55(49)70)60(4,5)6)48-30-20-19-29-45(48)54-53(43-27-17-10-18-28-43)66-57(68(54)61)44-33-31-40(32-34-44)46-35-51(41-23-13-8-14-24-41)65-56(46)67-58-47(39-21-11-7-12-22-39)36-52(69(58)62(63)64)42-25-15-9-16-26-42/h7-38H,1-6H3/b67-56-. The third kappa shape index (κ3) is 7.48. The lowest BCUT2D eigenvalue weighted by Crippen LogP contribution is -2.38. The lowest BCUT2D eigenvalue weighted by Gasteiger charge is -2.39. The van der Waals surface area contributed by atoms with Gasteiger partial charge in [-0.2, -0.15) is 0 Å². The van der Waals surface area contributed by atoms with Gasteiger partial charge in [0.25, 0.3) is 0 Å². The fourth-order valence-electron chi connectivity index (χ4n) is 10.2. The van der Waals surface area contributed by atoms with Gasteiger partial charge >= 0.3 is 7.40 Å². The molecule has 0 fully saturated rings. The summed E-state index contributed by atoms with van der Waals surface area (Å²) in [6, 6.07) is 57.3. The van der Waals surface area contributed by atoms with Gasteiger partial charge in [0.2, 0.25) is 0 Å². The third-order valence-corrected chi connectivity index (χ3v) is 13.6. The van der Waals surface area contributed by atoms with Crippen molar-refractivity contribution >= 4 is 36.1 Å². The second-order valence-electron chi connectivity index (χ2n) is 20.2. The molecule has 11 rings (SSSR count). The fourth-order valence-corrected chi connectivity index (χ4v) is 10.2. The van der Waals surface area contributed by atoms with Gasteiger partial charge in [0.05, 0.1) is 17.1 Å². The molecule has 70 heavy (non-hydrogen) atoms. The summed E-state index contributed by atoms with van der Waals surface area (Å²) in [7, 11) is -2.89. The first-order chi connectivity index (χ1) is 33.7. The van der Waals surface area contributed by atoms with Crippen LogP contribution in [0.1, 0.15) is 58.2 Å². The zero-order chi connectivity index (χ0) is 48.5. The molecule has 0 atom stereocenters. The molecule has 0 unspecified atom stereocenters. The smallest absolute Gasteiger partial charge is 0.309 e. The highest BCUT2D eigenvalue weighted by Crippen LogP contribution is 2.56. The first-order valence-electron chi connectivity index (χ1n) is 23.7. The summed E-state index contributed by atoms with van der Waals surface area (Å²) in [5.41, 5.74) is 10.9. The number of nitrogens with zero attached hydrogens (tertiary/aromatic N) is 5. The molecule has 0 saturated carbocycles. The average molecular weight is 918 g/mol. The van der Waals surface area contributed by atoms with Crippen molar-refractivity contribution < 1.29 is 13.4 Å². The molecule has 6 nitrogen and oxygen atoms in total. The van der Waals surface area contributed by atoms with E-state index in [0.717, 1.165) is 71.8 Å². The first kappa shape index (κ1) is 44.5. The van der Waals surface area contributed by atoms with Crippen molar-refractivity contribution in [3.05, 3.63) is 222 Å². The van der Waals surface area contributed by atoms with Crippen LogP contribution in [-0.4, -0.2) is 38.8 Å². The van der Waals surface area contributed by atoms with Gasteiger partial charge in [0.1, 0.15) is 17.2 Å². The monoisotopic (exact) mass is 917 g/mol. The Morgan fingerprint density at radius 1 is 0.571 bits per heavy atom. The van der Waals surface area contributed by atoms with Crippen molar-refractivity contribution in [2.45, 2.75) is 47.1 Å². The maximum absolute atomic E-state index is 15.6. The molecule has 0 saturated heterocycles. The lowest BCUT2D eigenvalue weighted by atomic mass is 9.67. The molecular weight excluding hydrogens is 868 g/mol. The van der Waals surface area contributed by atoms with Crippen LogP contribution in [0.2, 0.25) is 0 Å². The maximum Gasteiger partial charge on any atom is 0.679 e. The van der Waals surface area contributed by atoms with Crippen LogP contribution >= 0.6 is 0 Å². The van der Waals surface area contributed by atoms with Crippen LogP contribution in [0.5, 0.6) is 0 Å². The topological polar surface area (TPSA) is 64.5 Å². The van der Waals surface area contributed by atoms with Gasteiger partial charge in [0, 0.05) is 50.2 Å². The van der Waals surface area contributed by atoms with E-state index in [-0.39, 0.29) is 11.6 Å². The van der Waals surface area contributed by atoms with Crippen LogP contribution in [0.4, 0.5) is 14.4 Å². The Hall–Kier alpha value is -8.04. The van der Waals surface area contributed by atoms with Crippen LogP contribution in [0.25, 0.3) is 61.9 Å². The number of aromatic nitrogens is 3. The van der Waals surface area contributed by atoms with Gasteiger partial charge in [0.15, 0.2) is 11.6 Å². The molecule has 6 aromatic carbocycles. The number of hydrogen-bond donors (Lipinski definition) is 0. The van der Waals surface area contributed by atoms with Crippen LogP contribution in [0.3, 0.4) is 0 Å². The van der Waals surface area contributed by atoms with Crippen molar-refractivity contribution in [3.8, 4) is 56.3 Å². The number of halogens is 2. The Kier molecular flexibility index (Phi) is 10.7. The predicted octanol–water partition coefficient (Wildman–Crippen LogP) is 15.0. The molecule has 0 N–H and O–H groups in total. The SMILES string of the molecule is CC(C)(C)C1=CC2(C=C(C(C)(C)C)C1=O)c1ccccc1-c1c(-c3ccccc3)nc(-c3ccc(C4=CC(c5ccccc5)=N/C4=N\c4c(-c5ccccc5)cc(-c5ccccc5)n4B(F)F)cc3)n12. The van der Waals surface area contributed by atoms with Crippen LogP contribution < -0.4 is 0 Å². The van der Waals surface area contributed by atoms with Crippen LogP contribution in [0.15, 0.2) is 215 Å². The van der Waals surface area contributed by atoms with E-state index in [1.807, 2.05) is 127 Å². The molecule has 0 amide bonds. The van der Waals surface area contributed by atoms with Gasteiger partial charge < -0.3 is 9.05 Å². The molecule has 0 bridgehead atoms. The second-order valence-corrected chi connectivity index (χ2v) is 20.2. The zero-order valence-electron chi connectivity index (χ0n) is 40.0. The van der Waals surface area contributed by atoms with E-state index in [9.17, 15) is 4.79 Å². The summed E-state index contributed by atoms with van der Waals surface area (Å²) in [6.45, 7) is 12.7. The highest BCUT2D eigenvalue weighted by Gasteiger charge is 2.49. The van der Waals surface area contributed by atoms with E-state index in [1.165, 1.54) is 0 Å². The van der Waals surface area contributed by atoms with Crippen molar-refractivity contribution in [1.29, 1.82) is 0 Å². The Balaban J connectivity index is 1.11. The number of rotatable bonds is 8. The van der Waals surface area contributed by atoms with E-state index in [4.69, 9.17) is 15.0 Å². The average Bonchev–Trinajstić information content (AvgIpc) is 4.14. The number of ketones is 1. The van der Waals surface area contributed by atoms with Crippen LogP contribution in [0, 0.1) is 10.8 Å². The summed E-state index contributed by atoms with van der Waals surface area (Å²) >= 11 is 0. The molecule has 3 aliphatic rings. The van der Waals surface area contributed by atoms with Gasteiger partial charge in [-0.05, 0) is 57.4 Å². The van der Waals surface area contributed by atoms with Crippen molar-refractivity contribution in [2.24, 2.45) is 20.8 Å². The molecule has 1 aliphatic carbocycles. The van der Waals surface area contributed by atoms with E-state index in [1.54, 1.807) is 6.07 Å². The largest absolute Gasteiger partial charge is 0.679 e. The molecule has 2 aliphatic heterocycles. The number of aliphatic imine (C=N–C) groups is 2. The number of Topliss-reactive ketones (excluding diaryl/α,β-unsaturated/α-hetero) is 1. The van der Waals surface area contributed by atoms with E-state index < -0.39 is 23.8 Å². The van der Waals surface area contributed by atoms with Gasteiger partial charge in [-0.25, -0.2) is 15.0 Å². The molecule has 342 valence electrons.